The summed E-state index contributed by atoms with van der Waals surface area (Å²) in [5.41, 5.74) is 4.91. The van der Waals surface area contributed by atoms with Gasteiger partial charge in [0.05, 0.1) is 5.56 Å². The van der Waals surface area contributed by atoms with Gasteiger partial charge < -0.3 is 5.73 Å². The van der Waals surface area contributed by atoms with Crippen LogP contribution in [0.1, 0.15) is 11.1 Å². The van der Waals surface area contributed by atoms with E-state index in [9.17, 15) is 13.2 Å². The van der Waals surface area contributed by atoms with Crippen molar-refractivity contribution in [1.29, 1.82) is 0 Å². The summed E-state index contributed by atoms with van der Waals surface area (Å²) in [6.45, 7) is 0.0976. The third kappa shape index (κ3) is 1.98. The van der Waals surface area contributed by atoms with Crippen LogP contribution >= 0.6 is 0 Å². The molecule has 1 aromatic carbocycles. The van der Waals surface area contributed by atoms with Crippen molar-refractivity contribution in [2.45, 2.75) is 12.7 Å². The van der Waals surface area contributed by atoms with Gasteiger partial charge in [0.15, 0.2) is 0 Å². The van der Waals surface area contributed by atoms with Gasteiger partial charge in [-0.15, -0.1) is 0 Å². The highest BCUT2D eigenvalue weighted by molar-refractivity contribution is 5.24. The van der Waals surface area contributed by atoms with Gasteiger partial charge in [0, 0.05) is 6.54 Å². The van der Waals surface area contributed by atoms with E-state index < -0.39 is 11.7 Å². The van der Waals surface area contributed by atoms with Gasteiger partial charge in [0.25, 0.3) is 0 Å². The Bertz CT molecular complexity index is 267. The van der Waals surface area contributed by atoms with Crippen LogP contribution in [0, 0.1) is 6.07 Å². The molecule has 0 aromatic heterocycles. The van der Waals surface area contributed by atoms with Crippen LogP contribution in [0.5, 0.6) is 0 Å². The molecule has 1 nitrogen and oxygen atoms in total. The molecule has 0 unspecified atom stereocenters. The second kappa shape index (κ2) is 3.15. The summed E-state index contributed by atoms with van der Waals surface area (Å²) in [4.78, 5) is 0. The van der Waals surface area contributed by atoms with E-state index in [1.54, 1.807) is 0 Å². The smallest absolute Gasteiger partial charge is 0.326 e. The lowest BCUT2D eigenvalue weighted by Crippen LogP contribution is -2.06. The fraction of sp³-hybridized carbons (Fsp3) is 0.250. The average Bonchev–Trinajstić information content (AvgIpc) is 2.03. The van der Waals surface area contributed by atoms with Gasteiger partial charge in [-0.05, 0) is 29.8 Å². The van der Waals surface area contributed by atoms with E-state index in [1.807, 2.05) is 0 Å². The molecule has 4 heteroatoms. The maximum Gasteiger partial charge on any atom is 0.416 e. The van der Waals surface area contributed by atoms with Crippen molar-refractivity contribution in [2.24, 2.45) is 5.73 Å². The van der Waals surface area contributed by atoms with Gasteiger partial charge >= 0.3 is 6.18 Å². The Balaban J connectivity index is 3.02. The number of benzene rings is 1. The SMILES string of the molecule is NCc1c[c]cc(C(F)(F)F)c1. The van der Waals surface area contributed by atoms with E-state index in [1.165, 1.54) is 6.07 Å². The van der Waals surface area contributed by atoms with Crippen molar-refractivity contribution >= 4 is 0 Å². The van der Waals surface area contributed by atoms with Crippen LogP contribution in [0.25, 0.3) is 0 Å². The van der Waals surface area contributed by atoms with Crippen LogP contribution in [0.15, 0.2) is 18.2 Å². The Morgan fingerprint density at radius 1 is 1.33 bits per heavy atom. The summed E-state index contributed by atoms with van der Waals surface area (Å²) in [6, 6.07) is 5.75. The maximum absolute atomic E-state index is 12.0. The van der Waals surface area contributed by atoms with Crippen LogP contribution in [0.4, 0.5) is 13.2 Å². The number of nitrogens with two attached hydrogens (primary N) is 1. The predicted molar refractivity (Wildman–Crippen MR) is 38.2 cm³/mol. The number of hydrogen-bond donors (Lipinski definition) is 1. The third-order valence-electron chi connectivity index (χ3n) is 1.41. The standard InChI is InChI=1S/C8H7F3N/c9-8(10,11)7-3-1-2-6(4-7)5-12/h2-4H,5,12H2. The molecule has 65 valence electrons. The minimum absolute atomic E-state index is 0.0976. The van der Waals surface area contributed by atoms with Crippen molar-refractivity contribution in [3.63, 3.8) is 0 Å². The monoisotopic (exact) mass is 174 g/mol. The van der Waals surface area contributed by atoms with E-state index >= 15 is 0 Å². The Kier molecular flexibility index (Phi) is 2.38. The van der Waals surface area contributed by atoms with Gasteiger partial charge in [-0.1, -0.05) is 0 Å². The summed E-state index contributed by atoms with van der Waals surface area (Å²) in [5, 5.41) is 0. The molecule has 0 saturated carbocycles. The minimum atomic E-state index is -4.30. The molecule has 0 spiro atoms. The van der Waals surface area contributed by atoms with Crippen molar-refractivity contribution < 1.29 is 13.2 Å². The fourth-order valence-electron chi connectivity index (χ4n) is 0.803. The van der Waals surface area contributed by atoms with E-state index in [0.717, 1.165) is 12.1 Å². The lowest BCUT2D eigenvalue weighted by molar-refractivity contribution is -0.137. The highest BCUT2D eigenvalue weighted by atomic mass is 19.4. The fourth-order valence-corrected chi connectivity index (χ4v) is 0.803. The van der Waals surface area contributed by atoms with Gasteiger partial charge in [-0.2, -0.15) is 13.2 Å². The van der Waals surface area contributed by atoms with Crippen LogP contribution in [-0.4, -0.2) is 0 Å². The highest BCUT2D eigenvalue weighted by Gasteiger charge is 2.30. The molecule has 0 fully saturated rings. The van der Waals surface area contributed by atoms with Gasteiger partial charge in [-0.25, -0.2) is 0 Å². The zero-order chi connectivity index (χ0) is 9.19. The summed E-state index contributed by atoms with van der Waals surface area (Å²) in [5.74, 6) is 0. The average molecular weight is 174 g/mol. The molecular formula is C8H7F3N. The molecule has 0 aliphatic carbocycles. The topological polar surface area (TPSA) is 26.0 Å². The zero-order valence-electron chi connectivity index (χ0n) is 6.15. The summed E-state index contributed by atoms with van der Waals surface area (Å²) in [6.07, 6.45) is -4.30. The molecule has 0 atom stereocenters. The lowest BCUT2D eigenvalue weighted by atomic mass is 10.1. The molecule has 0 aliphatic heterocycles. The van der Waals surface area contributed by atoms with Crippen LogP contribution in [0.3, 0.4) is 0 Å². The molecule has 12 heavy (non-hydrogen) atoms. The highest BCUT2D eigenvalue weighted by Crippen LogP contribution is 2.29. The Morgan fingerprint density at radius 2 is 2.00 bits per heavy atom. The molecule has 0 aliphatic rings. The maximum atomic E-state index is 12.0. The number of hydrogen-bond acceptors (Lipinski definition) is 1. The van der Waals surface area contributed by atoms with E-state index in [0.29, 0.717) is 5.56 Å². The largest absolute Gasteiger partial charge is 0.416 e. The number of alkyl halides is 3. The van der Waals surface area contributed by atoms with Gasteiger partial charge in [0.2, 0.25) is 0 Å². The van der Waals surface area contributed by atoms with Crippen molar-refractivity contribution in [3.8, 4) is 0 Å². The Hall–Kier alpha value is -1.03. The van der Waals surface area contributed by atoms with Gasteiger partial charge in [-0.3, -0.25) is 0 Å². The first-order valence-corrected chi connectivity index (χ1v) is 3.31. The predicted octanol–water partition coefficient (Wildman–Crippen LogP) is 1.96. The molecular weight excluding hydrogens is 167 g/mol. The summed E-state index contributed by atoms with van der Waals surface area (Å²) in [7, 11) is 0. The molecule has 0 heterocycles. The van der Waals surface area contributed by atoms with Crippen molar-refractivity contribution in [1.82, 2.24) is 0 Å². The first-order valence-electron chi connectivity index (χ1n) is 3.31. The molecule has 0 amide bonds. The quantitative estimate of drug-likeness (QED) is 0.692. The minimum Gasteiger partial charge on any atom is -0.326 e. The first kappa shape index (κ1) is 9.06. The summed E-state index contributed by atoms with van der Waals surface area (Å²) >= 11 is 0. The normalized spacial score (nSPS) is 11.7. The van der Waals surface area contributed by atoms with E-state index in [-0.39, 0.29) is 6.54 Å². The number of rotatable bonds is 1. The van der Waals surface area contributed by atoms with E-state index in [2.05, 4.69) is 6.07 Å². The second-order valence-corrected chi connectivity index (χ2v) is 2.33. The number of halogens is 3. The molecule has 0 bridgehead atoms. The second-order valence-electron chi connectivity index (χ2n) is 2.33. The van der Waals surface area contributed by atoms with Crippen LogP contribution in [-0.2, 0) is 12.7 Å². The Morgan fingerprint density at radius 3 is 2.50 bits per heavy atom. The molecule has 1 rings (SSSR count). The molecule has 1 radical (unpaired) electrons. The first-order chi connectivity index (χ1) is 5.54. The lowest BCUT2D eigenvalue weighted by Gasteiger charge is -2.06. The van der Waals surface area contributed by atoms with E-state index in [4.69, 9.17) is 5.73 Å². The zero-order valence-corrected chi connectivity index (χ0v) is 6.15. The third-order valence-corrected chi connectivity index (χ3v) is 1.41. The molecule has 2 N–H and O–H groups in total. The molecule has 1 aromatic rings. The Labute approximate surface area is 68.0 Å². The van der Waals surface area contributed by atoms with Crippen molar-refractivity contribution in [2.75, 3.05) is 0 Å². The van der Waals surface area contributed by atoms with Crippen LogP contribution < -0.4 is 5.73 Å². The molecule has 0 saturated heterocycles. The van der Waals surface area contributed by atoms with Gasteiger partial charge in [0.1, 0.15) is 0 Å². The van der Waals surface area contributed by atoms with Crippen LogP contribution in [0.2, 0.25) is 0 Å². The van der Waals surface area contributed by atoms with Crippen molar-refractivity contribution in [3.05, 3.63) is 35.4 Å². The summed E-state index contributed by atoms with van der Waals surface area (Å²) < 4.78 is 36.1.